The van der Waals surface area contributed by atoms with E-state index in [1.807, 2.05) is 32.0 Å². The lowest BCUT2D eigenvalue weighted by Gasteiger charge is -2.27. The summed E-state index contributed by atoms with van der Waals surface area (Å²) in [5, 5.41) is 0. The summed E-state index contributed by atoms with van der Waals surface area (Å²) in [5.74, 6) is 1.29. The van der Waals surface area contributed by atoms with Crippen LogP contribution in [0, 0.1) is 25.7 Å². The molecule has 4 heteroatoms. The normalized spacial score (nSPS) is 21.2. The van der Waals surface area contributed by atoms with Gasteiger partial charge in [0.25, 0.3) is 6.47 Å². The molecule has 0 amide bonds. The molecule has 1 aliphatic rings. The fourth-order valence-electron chi connectivity index (χ4n) is 2.96. The zero-order valence-corrected chi connectivity index (χ0v) is 13.3. The number of hydrogen-bond donors (Lipinski definition) is 0. The van der Waals surface area contributed by atoms with E-state index in [4.69, 9.17) is 9.47 Å². The standard InChI is InChI=1S/C18H24O4/c1-13-3-8-17(9-14(13)2)22-18(20)10-15-4-6-16(7-5-15)11-21-12-19/h3,8-9,12,15-16H,4-7,10-11H2,1-2H3. The monoisotopic (exact) mass is 304 g/mol. The molecule has 1 aromatic carbocycles. The van der Waals surface area contributed by atoms with E-state index >= 15 is 0 Å². The van der Waals surface area contributed by atoms with Crippen LogP contribution < -0.4 is 4.74 Å². The van der Waals surface area contributed by atoms with E-state index in [1.54, 1.807) is 0 Å². The number of carbonyl (C=O) groups excluding carboxylic acids is 2. The summed E-state index contributed by atoms with van der Waals surface area (Å²) in [6.07, 6.45) is 4.48. The molecule has 0 heterocycles. The summed E-state index contributed by atoms with van der Waals surface area (Å²) in [7, 11) is 0. The van der Waals surface area contributed by atoms with E-state index in [0.717, 1.165) is 31.2 Å². The molecule has 0 aromatic heterocycles. The van der Waals surface area contributed by atoms with Crippen molar-refractivity contribution in [3.63, 3.8) is 0 Å². The largest absolute Gasteiger partial charge is 0.468 e. The van der Waals surface area contributed by atoms with Gasteiger partial charge in [0, 0.05) is 6.42 Å². The molecule has 0 bridgehead atoms. The number of aryl methyl sites for hydroxylation is 2. The molecule has 0 radical (unpaired) electrons. The van der Waals surface area contributed by atoms with Crippen LogP contribution >= 0.6 is 0 Å². The van der Waals surface area contributed by atoms with Crippen LogP contribution in [0.15, 0.2) is 18.2 Å². The Hall–Kier alpha value is -1.84. The van der Waals surface area contributed by atoms with Gasteiger partial charge in [-0.3, -0.25) is 9.59 Å². The second-order valence-corrected chi connectivity index (χ2v) is 6.24. The van der Waals surface area contributed by atoms with Gasteiger partial charge in [-0.05, 0) is 74.6 Å². The minimum Gasteiger partial charge on any atom is -0.468 e. The van der Waals surface area contributed by atoms with Crippen molar-refractivity contribution >= 4 is 12.4 Å². The van der Waals surface area contributed by atoms with Crippen molar-refractivity contribution < 1.29 is 19.1 Å². The van der Waals surface area contributed by atoms with Gasteiger partial charge in [0.05, 0.1) is 6.61 Å². The average molecular weight is 304 g/mol. The molecule has 0 atom stereocenters. The fourth-order valence-corrected chi connectivity index (χ4v) is 2.96. The number of esters is 1. The Labute approximate surface area is 131 Å². The first-order valence-corrected chi connectivity index (χ1v) is 7.91. The minimum absolute atomic E-state index is 0.157. The number of benzene rings is 1. The summed E-state index contributed by atoms with van der Waals surface area (Å²) in [6.45, 7) is 5.05. The zero-order chi connectivity index (χ0) is 15.9. The Morgan fingerprint density at radius 1 is 1.14 bits per heavy atom. The summed E-state index contributed by atoms with van der Waals surface area (Å²) >= 11 is 0. The molecule has 1 aliphatic carbocycles. The van der Waals surface area contributed by atoms with Gasteiger partial charge in [-0.2, -0.15) is 0 Å². The highest BCUT2D eigenvalue weighted by Crippen LogP contribution is 2.31. The summed E-state index contributed by atoms with van der Waals surface area (Å²) in [6, 6.07) is 5.71. The third kappa shape index (κ3) is 4.86. The van der Waals surface area contributed by atoms with E-state index in [1.165, 1.54) is 5.56 Å². The second-order valence-electron chi connectivity index (χ2n) is 6.24. The smallest absolute Gasteiger partial charge is 0.311 e. The topological polar surface area (TPSA) is 52.6 Å². The molecule has 1 aromatic rings. The molecule has 0 aliphatic heterocycles. The highest BCUT2D eigenvalue weighted by atomic mass is 16.5. The Bertz CT molecular complexity index is 516. The van der Waals surface area contributed by atoms with Crippen LogP contribution in [0.4, 0.5) is 0 Å². The molecule has 1 saturated carbocycles. The van der Waals surface area contributed by atoms with E-state index in [9.17, 15) is 9.59 Å². The van der Waals surface area contributed by atoms with Crippen LogP contribution in [0.2, 0.25) is 0 Å². The molecule has 0 saturated heterocycles. The first-order valence-electron chi connectivity index (χ1n) is 7.91. The van der Waals surface area contributed by atoms with Gasteiger partial charge >= 0.3 is 5.97 Å². The molecule has 120 valence electrons. The van der Waals surface area contributed by atoms with Gasteiger partial charge < -0.3 is 9.47 Å². The summed E-state index contributed by atoms with van der Waals surface area (Å²) in [4.78, 5) is 22.2. The van der Waals surface area contributed by atoms with E-state index < -0.39 is 0 Å². The first kappa shape index (κ1) is 16.5. The third-order valence-electron chi connectivity index (χ3n) is 4.53. The summed E-state index contributed by atoms with van der Waals surface area (Å²) in [5.41, 5.74) is 2.32. The lowest BCUT2D eigenvalue weighted by molar-refractivity contribution is -0.135. The van der Waals surface area contributed by atoms with Gasteiger partial charge in [0.1, 0.15) is 5.75 Å². The van der Waals surface area contributed by atoms with Gasteiger partial charge in [-0.1, -0.05) is 6.07 Å². The third-order valence-corrected chi connectivity index (χ3v) is 4.53. The number of rotatable bonds is 6. The molecule has 0 spiro atoms. The van der Waals surface area contributed by atoms with E-state index in [-0.39, 0.29) is 5.97 Å². The average Bonchev–Trinajstić information content (AvgIpc) is 2.50. The van der Waals surface area contributed by atoms with Crippen LogP contribution in [-0.2, 0) is 14.3 Å². The Balaban J connectivity index is 1.76. The van der Waals surface area contributed by atoms with Crippen molar-refractivity contribution in [1.82, 2.24) is 0 Å². The van der Waals surface area contributed by atoms with Crippen LogP contribution in [0.1, 0.15) is 43.2 Å². The summed E-state index contributed by atoms with van der Waals surface area (Å²) < 4.78 is 10.3. The molecule has 2 rings (SSSR count). The van der Waals surface area contributed by atoms with Crippen LogP contribution in [0.25, 0.3) is 0 Å². The van der Waals surface area contributed by atoms with E-state index in [2.05, 4.69) is 0 Å². The van der Waals surface area contributed by atoms with Crippen LogP contribution in [0.3, 0.4) is 0 Å². The number of hydrogen-bond acceptors (Lipinski definition) is 4. The lowest BCUT2D eigenvalue weighted by atomic mass is 9.81. The van der Waals surface area contributed by atoms with E-state index in [0.29, 0.717) is 37.1 Å². The minimum atomic E-state index is -0.157. The van der Waals surface area contributed by atoms with Crippen LogP contribution in [0.5, 0.6) is 5.75 Å². The van der Waals surface area contributed by atoms with Gasteiger partial charge in [-0.15, -0.1) is 0 Å². The molecule has 0 unspecified atom stereocenters. The lowest BCUT2D eigenvalue weighted by Crippen LogP contribution is -2.22. The maximum absolute atomic E-state index is 12.0. The predicted octanol–water partition coefficient (Wildman–Crippen LogP) is 3.58. The van der Waals surface area contributed by atoms with Gasteiger partial charge in [0.2, 0.25) is 0 Å². The van der Waals surface area contributed by atoms with Crippen molar-refractivity contribution in [3.05, 3.63) is 29.3 Å². The molecule has 1 fully saturated rings. The number of ether oxygens (including phenoxy) is 2. The van der Waals surface area contributed by atoms with Crippen molar-refractivity contribution in [1.29, 1.82) is 0 Å². The predicted molar refractivity (Wildman–Crippen MR) is 83.6 cm³/mol. The fraction of sp³-hybridized carbons (Fsp3) is 0.556. The van der Waals surface area contributed by atoms with Crippen LogP contribution in [-0.4, -0.2) is 19.0 Å². The molecule has 0 N–H and O–H groups in total. The van der Waals surface area contributed by atoms with Crippen molar-refractivity contribution in [2.24, 2.45) is 11.8 Å². The molecular formula is C18H24O4. The maximum atomic E-state index is 12.0. The molecular weight excluding hydrogens is 280 g/mol. The zero-order valence-electron chi connectivity index (χ0n) is 13.3. The molecule has 22 heavy (non-hydrogen) atoms. The maximum Gasteiger partial charge on any atom is 0.311 e. The highest BCUT2D eigenvalue weighted by Gasteiger charge is 2.24. The Kier molecular flexibility index (Phi) is 5.99. The quantitative estimate of drug-likeness (QED) is 0.458. The van der Waals surface area contributed by atoms with Gasteiger partial charge in [0.15, 0.2) is 0 Å². The van der Waals surface area contributed by atoms with Crippen molar-refractivity contribution in [3.8, 4) is 5.75 Å². The molecule has 4 nitrogen and oxygen atoms in total. The van der Waals surface area contributed by atoms with Gasteiger partial charge in [-0.25, -0.2) is 0 Å². The van der Waals surface area contributed by atoms with Crippen molar-refractivity contribution in [2.75, 3.05) is 6.61 Å². The SMILES string of the molecule is Cc1ccc(OC(=O)CC2CCC(COC=O)CC2)cc1C. The number of carbonyl (C=O) groups is 2. The van der Waals surface area contributed by atoms with Crippen molar-refractivity contribution in [2.45, 2.75) is 46.0 Å². The highest BCUT2D eigenvalue weighted by molar-refractivity contribution is 5.72. The second kappa shape index (κ2) is 7.97. The Morgan fingerprint density at radius 3 is 2.45 bits per heavy atom. The first-order chi connectivity index (χ1) is 10.6. The Morgan fingerprint density at radius 2 is 1.82 bits per heavy atom.